The van der Waals surface area contributed by atoms with Crippen molar-refractivity contribution >= 4 is 28.5 Å². The van der Waals surface area contributed by atoms with E-state index in [1.165, 1.54) is 0 Å². The predicted molar refractivity (Wildman–Crippen MR) is 82.4 cm³/mol. The second-order valence-corrected chi connectivity index (χ2v) is 5.32. The number of thiazole rings is 1. The zero-order valence-corrected chi connectivity index (χ0v) is 12.9. The highest BCUT2D eigenvalue weighted by Crippen LogP contribution is 2.26. The van der Waals surface area contributed by atoms with Gasteiger partial charge in [-0.25, -0.2) is 14.8 Å². The number of rotatable bonds is 5. The molecule has 12 heteroatoms. The number of nitrogens with one attached hydrogen (secondary N) is 2. The van der Waals surface area contributed by atoms with E-state index < -0.39 is 18.8 Å². The first kappa shape index (κ1) is 17.6. The Morgan fingerprint density at radius 1 is 1.38 bits per heavy atom. The van der Waals surface area contributed by atoms with Crippen molar-refractivity contribution in [2.24, 2.45) is 16.5 Å². The van der Waals surface area contributed by atoms with E-state index >= 15 is 0 Å². The van der Waals surface area contributed by atoms with E-state index in [1.54, 1.807) is 17.5 Å². The molecule has 0 radical (unpaired) electrons. The van der Waals surface area contributed by atoms with E-state index in [0.29, 0.717) is 17.2 Å². The summed E-state index contributed by atoms with van der Waals surface area (Å²) in [6.07, 6.45) is -4.43. The van der Waals surface area contributed by atoms with Gasteiger partial charge in [-0.2, -0.15) is 13.2 Å². The van der Waals surface area contributed by atoms with Crippen molar-refractivity contribution in [3.63, 3.8) is 0 Å². The lowest BCUT2D eigenvalue weighted by molar-refractivity contribution is -0.118. The highest BCUT2D eigenvalue weighted by molar-refractivity contribution is 7.14. The van der Waals surface area contributed by atoms with Gasteiger partial charge in [0.25, 0.3) is 0 Å². The van der Waals surface area contributed by atoms with Gasteiger partial charge in [-0.3, -0.25) is 0 Å². The van der Waals surface area contributed by atoms with E-state index in [0.717, 1.165) is 11.3 Å². The molecule has 2 aromatic rings. The maximum atomic E-state index is 12.0. The number of anilines is 1. The highest BCUT2D eigenvalue weighted by Gasteiger charge is 2.26. The van der Waals surface area contributed by atoms with Crippen LogP contribution in [0, 0.1) is 0 Å². The molecule has 24 heavy (non-hydrogen) atoms. The van der Waals surface area contributed by atoms with Crippen LogP contribution in [0.15, 0.2) is 26.9 Å². The minimum Gasteiger partial charge on any atom is -0.458 e. The van der Waals surface area contributed by atoms with E-state index in [-0.39, 0.29) is 17.6 Å². The molecular weight excluding hydrogens is 349 g/mol. The van der Waals surface area contributed by atoms with Gasteiger partial charge in [0, 0.05) is 5.38 Å². The lowest BCUT2D eigenvalue weighted by Gasteiger charge is -2.04. The number of urea groups is 1. The van der Waals surface area contributed by atoms with Crippen LogP contribution in [0.1, 0.15) is 5.76 Å². The second-order valence-electron chi connectivity index (χ2n) is 4.46. The molecule has 130 valence electrons. The minimum atomic E-state index is -4.43. The summed E-state index contributed by atoms with van der Waals surface area (Å²) in [6, 6.07) is 2.59. The number of guanidine groups is 1. The zero-order valence-electron chi connectivity index (χ0n) is 12.1. The second kappa shape index (κ2) is 7.21. The summed E-state index contributed by atoms with van der Waals surface area (Å²) in [4.78, 5) is 17.9. The Morgan fingerprint density at radius 2 is 2.12 bits per heavy atom. The number of carbonyl (C=O) groups is 1. The number of hydrogen-bond donors (Lipinski definition) is 4. The van der Waals surface area contributed by atoms with Gasteiger partial charge in [0.05, 0.1) is 6.54 Å². The predicted octanol–water partition coefficient (Wildman–Crippen LogP) is 1.86. The summed E-state index contributed by atoms with van der Waals surface area (Å²) < 4.78 is 41.6. The molecule has 0 saturated carbocycles. The summed E-state index contributed by atoms with van der Waals surface area (Å²) in [6.45, 7) is -1.25. The minimum absolute atomic E-state index is 0.127. The van der Waals surface area contributed by atoms with Gasteiger partial charge in [0.15, 0.2) is 16.9 Å². The summed E-state index contributed by atoms with van der Waals surface area (Å²) in [5.74, 6) is 0.503. The van der Waals surface area contributed by atoms with Crippen molar-refractivity contribution in [2.75, 3.05) is 11.9 Å². The van der Waals surface area contributed by atoms with Crippen molar-refractivity contribution in [3.05, 3.63) is 23.3 Å². The average molecular weight is 362 g/mol. The van der Waals surface area contributed by atoms with E-state index in [2.05, 4.69) is 20.6 Å². The van der Waals surface area contributed by atoms with Gasteiger partial charge in [-0.15, -0.1) is 11.3 Å². The van der Waals surface area contributed by atoms with Gasteiger partial charge in [-0.1, -0.05) is 0 Å². The van der Waals surface area contributed by atoms with Crippen LogP contribution in [-0.2, 0) is 6.54 Å². The fourth-order valence-corrected chi connectivity index (χ4v) is 2.26. The van der Waals surface area contributed by atoms with Crippen LogP contribution in [0.4, 0.5) is 23.1 Å². The lowest BCUT2D eigenvalue weighted by Crippen LogP contribution is -2.28. The van der Waals surface area contributed by atoms with Crippen LogP contribution in [-0.4, -0.2) is 29.7 Å². The highest BCUT2D eigenvalue weighted by atomic mass is 32.1. The lowest BCUT2D eigenvalue weighted by atomic mass is 10.3. The van der Waals surface area contributed by atoms with Crippen molar-refractivity contribution in [2.45, 2.75) is 12.7 Å². The summed E-state index contributed by atoms with van der Waals surface area (Å²) in [5, 5.41) is 6.74. The molecule has 0 atom stereocenters. The number of amides is 2. The quantitative estimate of drug-likeness (QED) is 0.476. The number of aromatic nitrogens is 1. The topological polar surface area (TPSA) is 132 Å². The molecule has 6 N–H and O–H groups in total. The molecule has 2 rings (SSSR count). The molecule has 2 aromatic heterocycles. The summed E-state index contributed by atoms with van der Waals surface area (Å²) in [5.41, 5.74) is 10.8. The molecule has 0 fully saturated rings. The van der Waals surface area contributed by atoms with Gasteiger partial charge in [-0.05, 0) is 12.1 Å². The fourth-order valence-electron chi connectivity index (χ4n) is 1.55. The molecule has 0 bridgehead atoms. The van der Waals surface area contributed by atoms with Gasteiger partial charge in [0.2, 0.25) is 0 Å². The SMILES string of the molecule is NC(=O)NCc1ccc(-c2csc(NC(N)=NCC(F)(F)F)n2)o1. The molecule has 0 aliphatic carbocycles. The van der Waals surface area contributed by atoms with Crippen molar-refractivity contribution in [1.82, 2.24) is 10.3 Å². The van der Waals surface area contributed by atoms with Crippen LogP contribution in [0.2, 0.25) is 0 Å². The van der Waals surface area contributed by atoms with Crippen LogP contribution >= 0.6 is 11.3 Å². The number of nitrogens with two attached hydrogens (primary N) is 2. The van der Waals surface area contributed by atoms with Crippen LogP contribution in [0.25, 0.3) is 11.5 Å². The first-order chi connectivity index (χ1) is 11.2. The molecule has 8 nitrogen and oxygen atoms in total. The number of alkyl halides is 3. The molecule has 0 aliphatic heterocycles. The number of primary amides is 1. The van der Waals surface area contributed by atoms with Crippen molar-refractivity contribution in [3.8, 4) is 11.5 Å². The summed E-state index contributed by atoms with van der Waals surface area (Å²) >= 11 is 1.12. The Morgan fingerprint density at radius 3 is 2.79 bits per heavy atom. The van der Waals surface area contributed by atoms with Gasteiger partial charge >= 0.3 is 12.2 Å². The molecular formula is C12H13F3N6O2S. The zero-order chi connectivity index (χ0) is 17.7. The average Bonchev–Trinajstić information content (AvgIpc) is 3.11. The number of carbonyl (C=O) groups excluding carboxylic acids is 1. The number of furan rings is 1. The molecule has 0 spiro atoms. The number of aliphatic imine (C=N–C) groups is 1. The molecule has 0 unspecified atom stereocenters. The maximum absolute atomic E-state index is 12.0. The number of hydrogen-bond acceptors (Lipinski definition) is 5. The van der Waals surface area contributed by atoms with Crippen molar-refractivity contribution in [1.29, 1.82) is 0 Å². The third kappa shape index (κ3) is 5.46. The Hall–Kier alpha value is -2.76. The standard InChI is InChI=1S/C12H13F3N6O2S/c13-12(14,15)5-19-9(16)21-11-20-7(4-24-11)8-2-1-6(23-8)3-18-10(17)22/h1-2,4H,3,5H2,(H3,17,18,22)(H3,16,19,20,21). The van der Waals surface area contributed by atoms with E-state index in [1.807, 2.05) is 0 Å². The smallest absolute Gasteiger partial charge is 0.408 e. The molecule has 0 aliphatic rings. The number of halogens is 3. The fraction of sp³-hybridized carbons (Fsp3) is 0.250. The third-order valence-corrected chi connectivity index (χ3v) is 3.28. The first-order valence-corrected chi connectivity index (χ1v) is 7.32. The van der Waals surface area contributed by atoms with E-state index in [4.69, 9.17) is 15.9 Å². The van der Waals surface area contributed by atoms with Crippen LogP contribution in [0.3, 0.4) is 0 Å². The Labute approximate surface area is 137 Å². The van der Waals surface area contributed by atoms with E-state index in [9.17, 15) is 18.0 Å². The first-order valence-electron chi connectivity index (χ1n) is 6.44. The Kier molecular flexibility index (Phi) is 5.28. The normalized spacial score (nSPS) is 12.2. The monoisotopic (exact) mass is 362 g/mol. The van der Waals surface area contributed by atoms with Crippen LogP contribution < -0.4 is 22.1 Å². The van der Waals surface area contributed by atoms with Gasteiger partial charge < -0.3 is 26.5 Å². The molecule has 2 amide bonds. The molecule has 2 heterocycles. The summed E-state index contributed by atoms with van der Waals surface area (Å²) in [7, 11) is 0. The number of nitrogens with zero attached hydrogens (tertiary/aromatic N) is 2. The molecule has 0 aromatic carbocycles. The third-order valence-electron chi connectivity index (χ3n) is 2.52. The Balaban J connectivity index is 1.99. The van der Waals surface area contributed by atoms with Crippen molar-refractivity contribution < 1.29 is 22.4 Å². The van der Waals surface area contributed by atoms with Gasteiger partial charge in [0.1, 0.15) is 18.0 Å². The largest absolute Gasteiger partial charge is 0.458 e. The Bertz CT molecular complexity index is 739. The molecule has 0 saturated heterocycles. The van der Waals surface area contributed by atoms with Crippen LogP contribution in [0.5, 0.6) is 0 Å². The maximum Gasteiger partial charge on any atom is 0.408 e.